The second-order valence-corrected chi connectivity index (χ2v) is 6.39. The van der Waals surface area contributed by atoms with Crippen LogP contribution in [0.4, 0.5) is 18.9 Å². The zero-order valence-electron chi connectivity index (χ0n) is 14.5. The van der Waals surface area contributed by atoms with Gasteiger partial charge in [-0.2, -0.15) is 13.2 Å². The summed E-state index contributed by atoms with van der Waals surface area (Å²) in [5.74, 6) is -2.19. The Morgan fingerprint density at radius 2 is 1.85 bits per heavy atom. The van der Waals surface area contributed by atoms with Crippen LogP contribution in [-0.2, 0) is 4.79 Å². The number of anilines is 1. The smallest absolute Gasteiger partial charge is 0.373 e. The summed E-state index contributed by atoms with van der Waals surface area (Å²) in [5.41, 5.74) is -3.76. The van der Waals surface area contributed by atoms with Crippen molar-refractivity contribution in [3.63, 3.8) is 0 Å². The Morgan fingerprint density at radius 3 is 2.42 bits per heavy atom. The SMILES string of the molecule is CCCCCCNC(=O)c1cccc(NC(=O)C(C)(O)C(F)(F)F)c1Cl. The van der Waals surface area contributed by atoms with Crippen molar-refractivity contribution >= 4 is 29.1 Å². The van der Waals surface area contributed by atoms with Crippen LogP contribution in [0.2, 0.25) is 5.02 Å². The molecule has 0 saturated carbocycles. The number of nitrogens with one attached hydrogen (secondary N) is 2. The third kappa shape index (κ3) is 5.60. The topological polar surface area (TPSA) is 78.4 Å². The van der Waals surface area contributed by atoms with Gasteiger partial charge in [-0.05, 0) is 25.5 Å². The van der Waals surface area contributed by atoms with Crippen LogP contribution < -0.4 is 10.6 Å². The number of unbranched alkanes of at least 4 members (excludes halogenated alkanes) is 3. The first-order chi connectivity index (χ1) is 12.0. The van der Waals surface area contributed by atoms with Gasteiger partial charge in [0.1, 0.15) is 0 Å². The van der Waals surface area contributed by atoms with Gasteiger partial charge >= 0.3 is 6.18 Å². The second kappa shape index (κ2) is 9.23. The number of amides is 2. The van der Waals surface area contributed by atoms with Gasteiger partial charge in [-0.15, -0.1) is 0 Å². The highest BCUT2D eigenvalue weighted by atomic mass is 35.5. The quantitative estimate of drug-likeness (QED) is 0.585. The van der Waals surface area contributed by atoms with Gasteiger partial charge in [0.2, 0.25) is 5.60 Å². The van der Waals surface area contributed by atoms with Gasteiger partial charge < -0.3 is 15.7 Å². The average molecular weight is 395 g/mol. The van der Waals surface area contributed by atoms with Crippen LogP contribution in [0, 0.1) is 0 Å². The number of benzene rings is 1. The molecule has 0 bridgehead atoms. The predicted octanol–water partition coefficient (Wildman–Crippen LogP) is 3.90. The summed E-state index contributed by atoms with van der Waals surface area (Å²) in [4.78, 5) is 23.9. The Bertz CT molecular complexity index is 649. The van der Waals surface area contributed by atoms with E-state index in [1.54, 1.807) is 0 Å². The monoisotopic (exact) mass is 394 g/mol. The van der Waals surface area contributed by atoms with Crippen LogP contribution in [0.15, 0.2) is 18.2 Å². The molecule has 5 nitrogen and oxygen atoms in total. The van der Waals surface area contributed by atoms with Gasteiger partial charge in [-0.3, -0.25) is 9.59 Å². The number of carbonyl (C=O) groups excluding carboxylic acids is 2. The van der Waals surface area contributed by atoms with E-state index in [0.717, 1.165) is 25.7 Å². The molecule has 0 aliphatic rings. The first-order valence-corrected chi connectivity index (χ1v) is 8.57. The molecule has 0 heterocycles. The lowest BCUT2D eigenvalue weighted by atomic mass is 10.1. The molecule has 0 aromatic heterocycles. The first kappa shape index (κ1) is 22.2. The molecular formula is C17H22ClF3N2O3. The number of hydrogen-bond donors (Lipinski definition) is 3. The van der Waals surface area contributed by atoms with Crippen LogP contribution in [-0.4, -0.2) is 35.2 Å². The van der Waals surface area contributed by atoms with Crippen molar-refractivity contribution in [1.29, 1.82) is 0 Å². The first-order valence-electron chi connectivity index (χ1n) is 8.19. The van der Waals surface area contributed by atoms with Crippen molar-refractivity contribution in [2.75, 3.05) is 11.9 Å². The van der Waals surface area contributed by atoms with E-state index < -0.39 is 23.6 Å². The Labute approximate surface area is 154 Å². The minimum Gasteiger partial charge on any atom is -0.373 e. The molecule has 26 heavy (non-hydrogen) atoms. The highest BCUT2D eigenvalue weighted by molar-refractivity contribution is 6.37. The van der Waals surface area contributed by atoms with Gasteiger partial charge in [0.05, 0.1) is 16.3 Å². The van der Waals surface area contributed by atoms with E-state index in [9.17, 15) is 27.9 Å². The highest BCUT2D eigenvalue weighted by Gasteiger charge is 2.55. The molecule has 0 aliphatic carbocycles. The van der Waals surface area contributed by atoms with Crippen molar-refractivity contribution in [2.45, 2.75) is 51.3 Å². The molecule has 3 N–H and O–H groups in total. The van der Waals surface area contributed by atoms with E-state index in [4.69, 9.17) is 11.6 Å². The van der Waals surface area contributed by atoms with E-state index in [-0.39, 0.29) is 16.3 Å². The van der Waals surface area contributed by atoms with Gasteiger partial charge in [0.15, 0.2) is 0 Å². The average Bonchev–Trinajstić information content (AvgIpc) is 2.55. The lowest BCUT2D eigenvalue weighted by Gasteiger charge is -2.25. The van der Waals surface area contributed by atoms with Crippen molar-refractivity contribution < 1.29 is 27.9 Å². The van der Waals surface area contributed by atoms with Gasteiger partial charge in [-0.25, -0.2) is 0 Å². The number of aliphatic hydroxyl groups is 1. The summed E-state index contributed by atoms with van der Waals surface area (Å²) in [6.45, 7) is 2.84. The Kier molecular flexibility index (Phi) is 7.89. The molecule has 146 valence electrons. The molecule has 0 spiro atoms. The molecule has 0 fully saturated rings. The Morgan fingerprint density at radius 1 is 1.19 bits per heavy atom. The molecular weight excluding hydrogens is 373 g/mol. The summed E-state index contributed by atoms with van der Waals surface area (Å²) in [5, 5.41) is 13.8. The van der Waals surface area contributed by atoms with Gasteiger partial charge in [0, 0.05) is 6.54 Å². The fourth-order valence-electron chi connectivity index (χ4n) is 2.03. The molecule has 1 unspecified atom stereocenters. The maximum atomic E-state index is 12.7. The van der Waals surface area contributed by atoms with Crippen molar-refractivity contribution in [3.05, 3.63) is 28.8 Å². The van der Waals surface area contributed by atoms with Crippen molar-refractivity contribution in [2.24, 2.45) is 0 Å². The molecule has 1 aromatic carbocycles. The third-order valence-corrected chi connectivity index (χ3v) is 4.21. The van der Waals surface area contributed by atoms with E-state index >= 15 is 0 Å². The van der Waals surface area contributed by atoms with Crippen LogP contribution >= 0.6 is 11.6 Å². The standard InChI is InChI=1S/C17H22ClF3N2O3/c1-3-4-5-6-10-22-14(24)11-8-7-9-12(13(11)18)23-15(25)16(2,26)17(19,20)21/h7-9,26H,3-6,10H2,1-2H3,(H,22,24)(H,23,25). The molecule has 2 amide bonds. The zero-order chi connectivity index (χ0) is 20.0. The van der Waals surface area contributed by atoms with Gasteiger partial charge in [-0.1, -0.05) is 43.9 Å². The second-order valence-electron chi connectivity index (χ2n) is 6.01. The van der Waals surface area contributed by atoms with E-state index in [1.165, 1.54) is 18.2 Å². The summed E-state index contributed by atoms with van der Waals surface area (Å²) < 4.78 is 38.1. The fourth-order valence-corrected chi connectivity index (χ4v) is 2.28. The summed E-state index contributed by atoms with van der Waals surface area (Å²) >= 11 is 6.04. The van der Waals surface area contributed by atoms with Crippen LogP contribution in [0.25, 0.3) is 0 Å². The van der Waals surface area contributed by atoms with Crippen molar-refractivity contribution in [1.82, 2.24) is 5.32 Å². The van der Waals surface area contributed by atoms with Crippen molar-refractivity contribution in [3.8, 4) is 0 Å². The minimum absolute atomic E-state index is 0.0200. The van der Waals surface area contributed by atoms with E-state index in [0.29, 0.717) is 13.5 Å². The van der Waals surface area contributed by atoms with Gasteiger partial charge in [0.25, 0.3) is 11.8 Å². The summed E-state index contributed by atoms with van der Waals surface area (Å²) in [6, 6.07) is 4.00. The van der Waals surface area contributed by atoms with E-state index in [2.05, 4.69) is 12.2 Å². The third-order valence-electron chi connectivity index (χ3n) is 3.80. The predicted molar refractivity (Wildman–Crippen MR) is 93.2 cm³/mol. The molecule has 0 saturated heterocycles. The van der Waals surface area contributed by atoms with E-state index in [1.807, 2.05) is 5.32 Å². The fraction of sp³-hybridized carbons (Fsp3) is 0.529. The normalized spacial score (nSPS) is 13.8. The number of rotatable bonds is 8. The summed E-state index contributed by atoms with van der Waals surface area (Å²) in [6.07, 6.45) is -1.28. The maximum absolute atomic E-state index is 12.7. The highest BCUT2D eigenvalue weighted by Crippen LogP contribution is 2.32. The molecule has 1 atom stereocenters. The lowest BCUT2D eigenvalue weighted by molar-refractivity contribution is -0.242. The number of carbonyl (C=O) groups is 2. The lowest BCUT2D eigenvalue weighted by Crippen LogP contribution is -2.52. The Hall–Kier alpha value is -1.80. The maximum Gasteiger partial charge on any atom is 0.426 e. The zero-order valence-corrected chi connectivity index (χ0v) is 15.3. The number of alkyl halides is 3. The largest absolute Gasteiger partial charge is 0.426 e. The molecule has 1 aromatic rings. The molecule has 0 aliphatic heterocycles. The number of hydrogen-bond acceptors (Lipinski definition) is 3. The van der Waals surface area contributed by atoms with Crippen LogP contribution in [0.1, 0.15) is 49.9 Å². The van der Waals surface area contributed by atoms with Crippen LogP contribution in [0.3, 0.4) is 0 Å². The Balaban J connectivity index is 2.83. The minimum atomic E-state index is -5.16. The molecule has 9 heteroatoms. The van der Waals surface area contributed by atoms with Crippen LogP contribution in [0.5, 0.6) is 0 Å². The summed E-state index contributed by atoms with van der Waals surface area (Å²) in [7, 11) is 0. The molecule has 1 rings (SSSR count). The molecule has 0 radical (unpaired) electrons. The number of halogens is 4.